The smallest absolute Gasteiger partial charge is 0.180 e. The van der Waals surface area contributed by atoms with Gasteiger partial charge in [0.15, 0.2) is 5.82 Å². The van der Waals surface area contributed by atoms with Crippen molar-refractivity contribution in [2.75, 3.05) is 26.2 Å². The Kier molecular flexibility index (Phi) is 4.31. The highest BCUT2D eigenvalue weighted by Crippen LogP contribution is 2.19. The molecule has 1 aliphatic heterocycles. The third-order valence-electron chi connectivity index (χ3n) is 3.75. The first kappa shape index (κ1) is 14.2. The quantitative estimate of drug-likeness (QED) is 0.884. The lowest BCUT2D eigenvalue weighted by Crippen LogP contribution is -2.39. The fraction of sp³-hybridized carbons (Fsp3) is 0.643. The Morgan fingerprint density at radius 1 is 1.48 bits per heavy atom. The third kappa shape index (κ3) is 3.68. The number of H-pyrrole nitrogens is 1. The monoisotopic (exact) mass is 290 g/mol. The van der Waals surface area contributed by atoms with Gasteiger partial charge in [0, 0.05) is 26.3 Å². The average molecular weight is 290 g/mol. The highest BCUT2D eigenvalue weighted by atomic mass is 16.5. The van der Waals surface area contributed by atoms with Crippen LogP contribution in [0.25, 0.3) is 0 Å². The minimum absolute atomic E-state index is 0.0120. The molecule has 1 atom stereocenters. The Labute approximate surface area is 124 Å². The molecule has 0 amide bonds. The lowest BCUT2D eigenvalue weighted by Gasteiger charge is -2.31. The Balaban J connectivity index is 1.47. The van der Waals surface area contributed by atoms with Gasteiger partial charge in [-0.05, 0) is 31.9 Å². The second-order valence-electron chi connectivity index (χ2n) is 5.56. The van der Waals surface area contributed by atoms with Crippen molar-refractivity contribution in [1.29, 1.82) is 0 Å². The molecule has 7 nitrogen and oxygen atoms in total. The normalized spacial score (nSPS) is 20.0. The van der Waals surface area contributed by atoms with Gasteiger partial charge in [0.05, 0.1) is 12.8 Å². The van der Waals surface area contributed by atoms with Crippen molar-refractivity contribution in [1.82, 2.24) is 29.9 Å². The summed E-state index contributed by atoms with van der Waals surface area (Å²) in [6.07, 6.45) is 6.21. The van der Waals surface area contributed by atoms with Crippen molar-refractivity contribution < 1.29 is 4.74 Å². The lowest BCUT2D eigenvalue weighted by atomic mass is 10.2. The van der Waals surface area contributed by atoms with Crippen molar-refractivity contribution in [2.45, 2.75) is 25.9 Å². The number of nitrogens with zero attached hydrogens (tertiary/aromatic N) is 5. The minimum Gasteiger partial charge on any atom is -0.367 e. The number of ether oxygens (including phenoxy) is 1. The van der Waals surface area contributed by atoms with E-state index in [1.165, 1.54) is 5.56 Å². The van der Waals surface area contributed by atoms with Crippen molar-refractivity contribution in [2.24, 2.45) is 7.05 Å². The molecule has 3 heterocycles. The third-order valence-corrected chi connectivity index (χ3v) is 3.75. The number of hydrogen-bond acceptors (Lipinski definition) is 5. The van der Waals surface area contributed by atoms with Crippen molar-refractivity contribution in [3.05, 3.63) is 29.6 Å². The molecule has 1 N–H and O–H groups in total. The van der Waals surface area contributed by atoms with Gasteiger partial charge in [-0.3, -0.25) is 14.7 Å². The molecule has 114 valence electrons. The van der Waals surface area contributed by atoms with E-state index in [-0.39, 0.29) is 6.10 Å². The van der Waals surface area contributed by atoms with Gasteiger partial charge in [-0.1, -0.05) is 0 Å². The van der Waals surface area contributed by atoms with E-state index in [9.17, 15) is 0 Å². The largest absolute Gasteiger partial charge is 0.367 e. The molecule has 0 aliphatic carbocycles. The highest BCUT2D eigenvalue weighted by molar-refractivity contribution is 5.03. The lowest BCUT2D eigenvalue weighted by molar-refractivity contribution is -0.0343. The zero-order valence-corrected chi connectivity index (χ0v) is 12.6. The summed E-state index contributed by atoms with van der Waals surface area (Å²) in [5, 5.41) is 11.3. The van der Waals surface area contributed by atoms with Gasteiger partial charge in [0.1, 0.15) is 11.9 Å². The van der Waals surface area contributed by atoms with Crippen LogP contribution in [0.3, 0.4) is 0 Å². The molecular formula is C14H22N6O. The number of rotatable bonds is 5. The van der Waals surface area contributed by atoms with Crippen LogP contribution in [0.2, 0.25) is 0 Å². The van der Waals surface area contributed by atoms with Crippen molar-refractivity contribution >= 4 is 0 Å². The topological polar surface area (TPSA) is 71.9 Å². The molecule has 7 heteroatoms. The molecule has 21 heavy (non-hydrogen) atoms. The maximum absolute atomic E-state index is 5.78. The zero-order valence-electron chi connectivity index (χ0n) is 12.6. The number of aryl methyl sites for hydroxylation is 3. The van der Waals surface area contributed by atoms with Crippen LogP contribution in [-0.4, -0.2) is 56.1 Å². The molecule has 1 saturated heterocycles. The Hall–Kier alpha value is -1.73. The molecule has 2 aromatic rings. The molecule has 1 aliphatic rings. The maximum Gasteiger partial charge on any atom is 0.180 e. The molecule has 2 aromatic heterocycles. The van der Waals surface area contributed by atoms with E-state index in [2.05, 4.69) is 31.4 Å². The Morgan fingerprint density at radius 3 is 3.10 bits per heavy atom. The molecular weight excluding hydrogens is 268 g/mol. The van der Waals surface area contributed by atoms with Gasteiger partial charge in [0.25, 0.3) is 0 Å². The van der Waals surface area contributed by atoms with Crippen LogP contribution in [0.5, 0.6) is 0 Å². The van der Waals surface area contributed by atoms with Gasteiger partial charge >= 0.3 is 0 Å². The Morgan fingerprint density at radius 2 is 2.38 bits per heavy atom. The SMILES string of the molecule is Cc1nc([C@H]2CN(CCCc3cnn(C)c3)CCO2)n[nH]1. The summed E-state index contributed by atoms with van der Waals surface area (Å²) in [5.74, 6) is 1.60. The van der Waals surface area contributed by atoms with Crippen LogP contribution >= 0.6 is 0 Å². The first-order chi connectivity index (χ1) is 10.2. The van der Waals surface area contributed by atoms with Crippen LogP contribution in [0, 0.1) is 6.92 Å². The predicted molar refractivity (Wildman–Crippen MR) is 77.8 cm³/mol. The summed E-state index contributed by atoms with van der Waals surface area (Å²) in [7, 11) is 1.95. The van der Waals surface area contributed by atoms with E-state index in [0.29, 0.717) is 0 Å². The summed E-state index contributed by atoms with van der Waals surface area (Å²) >= 11 is 0. The minimum atomic E-state index is -0.0120. The first-order valence-electron chi connectivity index (χ1n) is 7.41. The summed E-state index contributed by atoms with van der Waals surface area (Å²) in [6, 6.07) is 0. The Bertz CT molecular complexity index is 578. The first-order valence-corrected chi connectivity index (χ1v) is 7.41. The molecule has 0 spiro atoms. The van der Waals surface area contributed by atoms with Crippen LogP contribution < -0.4 is 0 Å². The number of nitrogens with one attached hydrogen (secondary N) is 1. The summed E-state index contributed by atoms with van der Waals surface area (Å²) in [6.45, 7) is 5.56. The second-order valence-corrected chi connectivity index (χ2v) is 5.56. The highest BCUT2D eigenvalue weighted by Gasteiger charge is 2.24. The van der Waals surface area contributed by atoms with Crippen LogP contribution in [0.15, 0.2) is 12.4 Å². The van der Waals surface area contributed by atoms with Gasteiger partial charge in [-0.25, -0.2) is 4.98 Å². The molecule has 3 rings (SSSR count). The van der Waals surface area contributed by atoms with Gasteiger partial charge in [-0.15, -0.1) is 0 Å². The van der Waals surface area contributed by atoms with Crippen molar-refractivity contribution in [3.63, 3.8) is 0 Å². The van der Waals surface area contributed by atoms with Crippen LogP contribution in [0.4, 0.5) is 0 Å². The number of aromatic amines is 1. The summed E-state index contributed by atoms with van der Waals surface area (Å²) in [5.41, 5.74) is 1.30. The average Bonchev–Trinajstić information content (AvgIpc) is 3.08. The fourth-order valence-corrected chi connectivity index (χ4v) is 2.67. The molecule has 0 saturated carbocycles. The molecule has 0 aromatic carbocycles. The van der Waals surface area contributed by atoms with E-state index < -0.39 is 0 Å². The second kappa shape index (κ2) is 6.36. The number of aromatic nitrogens is 5. The number of hydrogen-bond donors (Lipinski definition) is 1. The molecule has 1 fully saturated rings. The molecule has 0 bridgehead atoms. The van der Waals surface area contributed by atoms with E-state index >= 15 is 0 Å². The standard InChI is InChI=1S/C14H22N6O/c1-11-16-14(18-17-11)13-10-20(6-7-21-13)5-3-4-12-8-15-19(2)9-12/h8-9,13H,3-7,10H2,1-2H3,(H,16,17,18)/t13-/m1/s1. The molecule has 0 unspecified atom stereocenters. The predicted octanol–water partition coefficient (Wildman–Crippen LogP) is 0.853. The fourth-order valence-electron chi connectivity index (χ4n) is 2.67. The van der Waals surface area contributed by atoms with E-state index in [1.807, 2.05) is 24.9 Å². The van der Waals surface area contributed by atoms with Crippen LogP contribution in [0.1, 0.15) is 29.7 Å². The summed E-state index contributed by atoms with van der Waals surface area (Å²) < 4.78 is 7.63. The summed E-state index contributed by atoms with van der Waals surface area (Å²) in [4.78, 5) is 6.80. The van der Waals surface area contributed by atoms with Gasteiger partial charge in [-0.2, -0.15) is 10.2 Å². The van der Waals surface area contributed by atoms with E-state index in [1.54, 1.807) is 0 Å². The van der Waals surface area contributed by atoms with Gasteiger partial charge in [0.2, 0.25) is 0 Å². The van der Waals surface area contributed by atoms with Gasteiger partial charge < -0.3 is 4.74 Å². The number of morpholine rings is 1. The van der Waals surface area contributed by atoms with Crippen LogP contribution in [-0.2, 0) is 18.2 Å². The van der Waals surface area contributed by atoms with E-state index in [0.717, 1.165) is 50.7 Å². The van der Waals surface area contributed by atoms with Crippen molar-refractivity contribution in [3.8, 4) is 0 Å². The molecule has 0 radical (unpaired) electrons. The van der Waals surface area contributed by atoms with E-state index in [4.69, 9.17) is 4.74 Å². The maximum atomic E-state index is 5.78. The zero-order chi connectivity index (χ0) is 14.7.